The van der Waals surface area contributed by atoms with Crippen LogP contribution in [0.5, 0.6) is 0 Å². The van der Waals surface area contributed by atoms with Gasteiger partial charge in [0.2, 0.25) is 0 Å². The van der Waals surface area contributed by atoms with Gasteiger partial charge in [-0.05, 0) is 38.6 Å². The van der Waals surface area contributed by atoms with Crippen molar-refractivity contribution in [3.05, 3.63) is 11.1 Å². The van der Waals surface area contributed by atoms with Gasteiger partial charge in [0.25, 0.3) is 0 Å². The number of nitrogens with one attached hydrogen (secondary N) is 1. The first-order valence-electron chi connectivity index (χ1n) is 7.14. The van der Waals surface area contributed by atoms with Crippen LogP contribution in [0.4, 0.5) is 5.13 Å². The average molecular weight is 267 g/mol. The van der Waals surface area contributed by atoms with Gasteiger partial charge in [-0.2, -0.15) is 0 Å². The highest BCUT2D eigenvalue weighted by Crippen LogP contribution is 2.28. The standard InChI is InChI=1S/C14H25N3S/c1-4-7-15-12(3)13-10-18-14(16-13)17-8-5-6-11(2)9-17/h10-12,15H,4-9H2,1-3H3. The van der Waals surface area contributed by atoms with E-state index < -0.39 is 0 Å². The summed E-state index contributed by atoms with van der Waals surface area (Å²) in [6, 6.07) is 0.372. The molecule has 4 heteroatoms. The van der Waals surface area contributed by atoms with E-state index in [-0.39, 0.29) is 0 Å². The number of piperidine rings is 1. The molecule has 0 bridgehead atoms. The quantitative estimate of drug-likeness (QED) is 0.886. The first-order valence-corrected chi connectivity index (χ1v) is 8.02. The number of rotatable bonds is 5. The van der Waals surface area contributed by atoms with Gasteiger partial charge in [-0.15, -0.1) is 11.3 Å². The minimum absolute atomic E-state index is 0.372. The van der Waals surface area contributed by atoms with E-state index >= 15 is 0 Å². The number of hydrogen-bond donors (Lipinski definition) is 1. The predicted octanol–water partition coefficient (Wildman–Crippen LogP) is 3.44. The second kappa shape index (κ2) is 6.53. The molecule has 2 heterocycles. The molecule has 18 heavy (non-hydrogen) atoms. The van der Waals surface area contributed by atoms with Gasteiger partial charge in [-0.1, -0.05) is 13.8 Å². The van der Waals surface area contributed by atoms with Crippen LogP contribution in [0.15, 0.2) is 5.38 Å². The summed E-state index contributed by atoms with van der Waals surface area (Å²) in [7, 11) is 0. The second-order valence-corrected chi connectivity index (χ2v) is 6.26. The zero-order valence-electron chi connectivity index (χ0n) is 11.8. The molecule has 102 valence electrons. The van der Waals surface area contributed by atoms with Crippen molar-refractivity contribution in [1.82, 2.24) is 10.3 Å². The Bertz CT molecular complexity index is 364. The van der Waals surface area contributed by atoms with Crippen molar-refractivity contribution in [2.24, 2.45) is 5.92 Å². The molecule has 2 rings (SSSR count). The summed E-state index contributed by atoms with van der Waals surface area (Å²) in [6.45, 7) is 10.1. The Kier molecular flexibility index (Phi) is 5.01. The third-order valence-corrected chi connectivity index (χ3v) is 4.50. The van der Waals surface area contributed by atoms with E-state index in [1.165, 1.54) is 43.2 Å². The fourth-order valence-electron chi connectivity index (χ4n) is 2.45. The number of thiazole rings is 1. The maximum Gasteiger partial charge on any atom is 0.185 e. The van der Waals surface area contributed by atoms with Crippen LogP contribution in [0.3, 0.4) is 0 Å². The summed E-state index contributed by atoms with van der Waals surface area (Å²) in [4.78, 5) is 7.26. The van der Waals surface area contributed by atoms with Crippen molar-refractivity contribution in [2.45, 2.75) is 46.1 Å². The predicted molar refractivity (Wildman–Crippen MR) is 79.4 cm³/mol. The minimum Gasteiger partial charge on any atom is -0.348 e. The maximum absolute atomic E-state index is 4.80. The molecule has 1 N–H and O–H groups in total. The van der Waals surface area contributed by atoms with Crippen LogP contribution >= 0.6 is 11.3 Å². The molecule has 0 radical (unpaired) electrons. The van der Waals surface area contributed by atoms with Gasteiger partial charge < -0.3 is 10.2 Å². The lowest BCUT2D eigenvalue weighted by Gasteiger charge is -2.30. The highest BCUT2D eigenvalue weighted by Gasteiger charge is 2.19. The molecule has 1 aliphatic heterocycles. The molecular formula is C14H25N3S. The number of nitrogens with zero attached hydrogens (tertiary/aromatic N) is 2. The molecule has 2 atom stereocenters. The molecule has 0 aromatic carbocycles. The summed E-state index contributed by atoms with van der Waals surface area (Å²) in [5, 5.41) is 6.92. The van der Waals surface area contributed by atoms with Gasteiger partial charge in [-0.3, -0.25) is 0 Å². The van der Waals surface area contributed by atoms with E-state index in [0.717, 1.165) is 12.5 Å². The Morgan fingerprint density at radius 2 is 2.44 bits per heavy atom. The van der Waals surface area contributed by atoms with Crippen molar-refractivity contribution in [1.29, 1.82) is 0 Å². The molecule has 0 amide bonds. The Labute approximate surface area is 115 Å². The van der Waals surface area contributed by atoms with Crippen LogP contribution in [0.25, 0.3) is 0 Å². The monoisotopic (exact) mass is 267 g/mol. The van der Waals surface area contributed by atoms with Crippen LogP contribution < -0.4 is 10.2 Å². The lowest BCUT2D eigenvalue weighted by atomic mass is 10.0. The number of anilines is 1. The summed E-state index contributed by atoms with van der Waals surface area (Å²) in [6.07, 6.45) is 3.84. The van der Waals surface area contributed by atoms with E-state index in [0.29, 0.717) is 6.04 Å². The van der Waals surface area contributed by atoms with Crippen LogP contribution in [-0.2, 0) is 0 Å². The summed E-state index contributed by atoms with van der Waals surface area (Å²) in [5.74, 6) is 0.807. The van der Waals surface area contributed by atoms with Gasteiger partial charge in [0, 0.05) is 24.5 Å². The highest BCUT2D eigenvalue weighted by molar-refractivity contribution is 7.13. The van der Waals surface area contributed by atoms with Crippen LogP contribution in [0.1, 0.15) is 51.8 Å². The molecule has 0 saturated carbocycles. The van der Waals surface area contributed by atoms with Crippen molar-refractivity contribution in [3.8, 4) is 0 Å². The van der Waals surface area contributed by atoms with E-state index in [1.807, 2.05) is 0 Å². The van der Waals surface area contributed by atoms with Crippen LogP contribution in [0, 0.1) is 5.92 Å². The summed E-state index contributed by atoms with van der Waals surface area (Å²) >= 11 is 1.79. The molecular weight excluding hydrogens is 242 g/mol. The van der Waals surface area contributed by atoms with Crippen molar-refractivity contribution < 1.29 is 0 Å². The van der Waals surface area contributed by atoms with E-state index in [2.05, 4.69) is 36.4 Å². The van der Waals surface area contributed by atoms with Gasteiger partial charge >= 0.3 is 0 Å². The van der Waals surface area contributed by atoms with Gasteiger partial charge in [-0.25, -0.2) is 4.98 Å². The molecule has 1 fully saturated rings. The molecule has 1 aromatic heterocycles. The molecule has 1 aromatic rings. The Morgan fingerprint density at radius 1 is 1.61 bits per heavy atom. The Balaban J connectivity index is 1.96. The molecule has 0 aliphatic carbocycles. The van der Waals surface area contributed by atoms with Crippen molar-refractivity contribution in [3.63, 3.8) is 0 Å². The average Bonchev–Trinajstić information content (AvgIpc) is 2.85. The highest BCUT2D eigenvalue weighted by atomic mass is 32.1. The van der Waals surface area contributed by atoms with Gasteiger partial charge in [0.1, 0.15) is 0 Å². The Hall–Kier alpha value is -0.610. The van der Waals surface area contributed by atoms with Crippen LogP contribution in [-0.4, -0.2) is 24.6 Å². The summed E-state index contributed by atoms with van der Waals surface area (Å²) < 4.78 is 0. The fraction of sp³-hybridized carbons (Fsp3) is 0.786. The van der Waals surface area contributed by atoms with E-state index in [1.54, 1.807) is 11.3 Å². The fourth-order valence-corrected chi connectivity index (χ4v) is 3.40. The zero-order valence-corrected chi connectivity index (χ0v) is 12.6. The van der Waals surface area contributed by atoms with Crippen molar-refractivity contribution in [2.75, 3.05) is 24.5 Å². The van der Waals surface area contributed by atoms with Crippen molar-refractivity contribution >= 4 is 16.5 Å². The first kappa shape index (κ1) is 13.8. The third kappa shape index (κ3) is 3.45. The lowest BCUT2D eigenvalue weighted by molar-refractivity contribution is 0.446. The number of aromatic nitrogens is 1. The third-order valence-electron chi connectivity index (χ3n) is 3.58. The first-order chi connectivity index (χ1) is 8.70. The smallest absolute Gasteiger partial charge is 0.185 e. The van der Waals surface area contributed by atoms with Gasteiger partial charge in [0.05, 0.1) is 5.69 Å². The zero-order chi connectivity index (χ0) is 13.0. The summed E-state index contributed by atoms with van der Waals surface area (Å²) in [5.41, 5.74) is 1.20. The normalized spacial score (nSPS) is 22.2. The molecule has 3 nitrogen and oxygen atoms in total. The Morgan fingerprint density at radius 3 is 3.17 bits per heavy atom. The van der Waals surface area contributed by atoms with Gasteiger partial charge in [0.15, 0.2) is 5.13 Å². The number of hydrogen-bond acceptors (Lipinski definition) is 4. The maximum atomic E-state index is 4.80. The van der Waals surface area contributed by atoms with E-state index in [4.69, 9.17) is 4.98 Å². The molecule has 1 saturated heterocycles. The largest absolute Gasteiger partial charge is 0.348 e. The second-order valence-electron chi connectivity index (χ2n) is 5.42. The molecule has 0 spiro atoms. The minimum atomic E-state index is 0.372. The molecule has 1 aliphatic rings. The van der Waals surface area contributed by atoms with E-state index in [9.17, 15) is 0 Å². The SMILES string of the molecule is CCCNC(C)c1csc(N2CCCC(C)C2)n1. The topological polar surface area (TPSA) is 28.2 Å². The van der Waals surface area contributed by atoms with Crippen LogP contribution in [0.2, 0.25) is 0 Å². The lowest BCUT2D eigenvalue weighted by Crippen LogP contribution is -2.34. The molecule has 2 unspecified atom stereocenters.